The minimum absolute atomic E-state index is 0.0498. The zero-order valence-corrected chi connectivity index (χ0v) is 18.9. The first-order valence-electron chi connectivity index (χ1n) is 12.0. The zero-order chi connectivity index (χ0) is 22.2. The molecule has 0 amide bonds. The van der Waals surface area contributed by atoms with E-state index < -0.39 is 34.6 Å². The van der Waals surface area contributed by atoms with Gasteiger partial charge in [-0.05, 0) is 13.3 Å². The van der Waals surface area contributed by atoms with Crippen LogP contribution in [0.2, 0.25) is 0 Å². The van der Waals surface area contributed by atoms with Gasteiger partial charge in [0.1, 0.15) is 0 Å². The highest BCUT2D eigenvalue weighted by Crippen LogP contribution is 2.29. The van der Waals surface area contributed by atoms with E-state index >= 15 is 0 Å². The highest BCUT2D eigenvalue weighted by Gasteiger charge is 2.24. The summed E-state index contributed by atoms with van der Waals surface area (Å²) in [7, 11) is 0. The monoisotopic (exact) mass is 432 g/mol. The predicted octanol–water partition coefficient (Wildman–Crippen LogP) is 9.19. The topological polar surface area (TPSA) is 9.23 Å². The van der Waals surface area contributed by atoms with Gasteiger partial charge in [-0.15, -0.1) is 0 Å². The summed E-state index contributed by atoms with van der Waals surface area (Å²) in [5, 5.41) is 0. The summed E-state index contributed by atoms with van der Waals surface area (Å²) in [6.45, 7) is 3.29. The van der Waals surface area contributed by atoms with Crippen molar-refractivity contribution in [3.05, 3.63) is 28.8 Å². The first-order chi connectivity index (χ1) is 14.5. The van der Waals surface area contributed by atoms with Crippen LogP contribution in [0.25, 0.3) is 0 Å². The van der Waals surface area contributed by atoms with Crippen LogP contribution in [0.4, 0.5) is 17.6 Å². The SMILES string of the molecule is CCCCCCCCCCCCCCCCCCOc1c(F)c(F)c(C)c(F)c1F. The molecule has 0 aliphatic heterocycles. The highest BCUT2D eigenvalue weighted by molar-refractivity contribution is 5.33. The van der Waals surface area contributed by atoms with E-state index in [-0.39, 0.29) is 6.61 Å². The molecule has 0 heterocycles. The number of unbranched alkanes of at least 4 members (excludes halogenated alkanes) is 15. The van der Waals surface area contributed by atoms with Gasteiger partial charge in [-0.25, -0.2) is 8.78 Å². The number of halogens is 4. The van der Waals surface area contributed by atoms with E-state index in [0.29, 0.717) is 6.42 Å². The van der Waals surface area contributed by atoms with Crippen LogP contribution in [-0.2, 0) is 0 Å². The van der Waals surface area contributed by atoms with Gasteiger partial charge in [-0.1, -0.05) is 103 Å². The molecule has 0 fully saturated rings. The molecule has 0 radical (unpaired) electrons. The minimum atomic E-state index is -1.46. The molecule has 0 aliphatic carbocycles. The molecular weight excluding hydrogens is 392 g/mol. The van der Waals surface area contributed by atoms with E-state index in [1.807, 2.05) is 0 Å². The van der Waals surface area contributed by atoms with Gasteiger partial charge in [0, 0.05) is 5.56 Å². The smallest absolute Gasteiger partial charge is 0.204 e. The second-order valence-corrected chi connectivity index (χ2v) is 8.36. The Labute approximate surface area is 180 Å². The lowest BCUT2D eigenvalue weighted by atomic mass is 10.0. The summed E-state index contributed by atoms with van der Waals surface area (Å²) >= 11 is 0. The Morgan fingerprint density at radius 2 is 0.833 bits per heavy atom. The van der Waals surface area contributed by atoms with Crippen molar-refractivity contribution in [3.63, 3.8) is 0 Å². The number of rotatable bonds is 18. The third kappa shape index (κ3) is 10.2. The van der Waals surface area contributed by atoms with Crippen molar-refractivity contribution in [1.29, 1.82) is 0 Å². The van der Waals surface area contributed by atoms with Crippen LogP contribution in [0.1, 0.15) is 115 Å². The van der Waals surface area contributed by atoms with Gasteiger partial charge < -0.3 is 4.74 Å². The van der Waals surface area contributed by atoms with Crippen LogP contribution in [0.5, 0.6) is 5.75 Å². The minimum Gasteiger partial charge on any atom is -0.487 e. The molecule has 0 N–H and O–H groups in total. The Bertz CT molecular complexity index is 560. The Morgan fingerprint density at radius 3 is 1.20 bits per heavy atom. The summed E-state index contributed by atoms with van der Waals surface area (Å²) < 4.78 is 59.4. The molecule has 174 valence electrons. The van der Waals surface area contributed by atoms with Gasteiger partial charge in [0.25, 0.3) is 0 Å². The first kappa shape index (κ1) is 26.8. The van der Waals surface area contributed by atoms with Gasteiger partial charge in [0.2, 0.25) is 11.6 Å². The molecule has 0 spiro atoms. The first-order valence-corrected chi connectivity index (χ1v) is 12.0. The van der Waals surface area contributed by atoms with Crippen LogP contribution in [0, 0.1) is 30.2 Å². The largest absolute Gasteiger partial charge is 0.487 e. The summed E-state index contributed by atoms with van der Waals surface area (Å²) in [6.07, 6.45) is 19.6. The fourth-order valence-corrected chi connectivity index (χ4v) is 3.67. The van der Waals surface area contributed by atoms with Gasteiger partial charge in [-0.3, -0.25) is 0 Å². The van der Waals surface area contributed by atoms with Crippen LogP contribution in [-0.4, -0.2) is 6.61 Å². The van der Waals surface area contributed by atoms with E-state index in [2.05, 4.69) is 6.92 Å². The van der Waals surface area contributed by atoms with Gasteiger partial charge in [-0.2, -0.15) is 8.78 Å². The lowest BCUT2D eigenvalue weighted by Crippen LogP contribution is -2.07. The molecule has 0 aromatic heterocycles. The standard InChI is InChI=1S/C25H40F4O/c1-3-4-5-6-7-8-9-10-11-12-13-14-15-16-17-18-19-30-25-23(28)21(26)20(2)22(27)24(25)29/h3-19H2,1-2H3. The molecule has 0 atom stereocenters. The van der Waals surface area contributed by atoms with Crippen LogP contribution < -0.4 is 4.74 Å². The number of hydrogen-bond acceptors (Lipinski definition) is 1. The molecule has 1 nitrogen and oxygen atoms in total. The molecule has 0 saturated heterocycles. The molecular formula is C25H40F4O. The lowest BCUT2D eigenvalue weighted by molar-refractivity contribution is 0.262. The molecule has 1 aromatic rings. The summed E-state index contributed by atoms with van der Waals surface area (Å²) in [4.78, 5) is 0. The maximum absolute atomic E-state index is 13.7. The normalized spacial score (nSPS) is 11.3. The maximum Gasteiger partial charge on any atom is 0.204 e. The van der Waals surface area contributed by atoms with Crippen molar-refractivity contribution in [3.8, 4) is 5.75 Å². The molecule has 0 unspecified atom stereocenters. The molecule has 0 aliphatic rings. The van der Waals surface area contributed by atoms with E-state index in [0.717, 1.165) is 26.2 Å². The van der Waals surface area contributed by atoms with Gasteiger partial charge in [0.15, 0.2) is 17.4 Å². The third-order valence-electron chi connectivity index (χ3n) is 5.69. The average molecular weight is 433 g/mol. The Balaban J connectivity index is 1.95. The third-order valence-corrected chi connectivity index (χ3v) is 5.69. The fraction of sp³-hybridized carbons (Fsp3) is 0.760. The summed E-state index contributed by atoms with van der Waals surface area (Å²) in [6, 6.07) is 0. The predicted molar refractivity (Wildman–Crippen MR) is 116 cm³/mol. The van der Waals surface area contributed by atoms with Crippen molar-refractivity contribution in [2.24, 2.45) is 0 Å². The zero-order valence-electron chi connectivity index (χ0n) is 18.9. The molecule has 0 bridgehead atoms. The van der Waals surface area contributed by atoms with Gasteiger partial charge in [0.05, 0.1) is 6.61 Å². The molecule has 1 rings (SSSR count). The van der Waals surface area contributed by atoms with Crippen molar-refractivity contribution in [2.75, 3.05) is 6.61 Å². The number of benzene rings is 1. The van der Waals surface area contributed by atoms with E-state index in [4.69, 9.17) is 4.74 Å². The number of hydrogen-bond donors (Lipinski definition) is 0. The van der Waals surface area contributed by atoms with Gasteiger partial charge >= 0.3 is 0 Å². The van der Waals surface area contributed by atoms with Crippen molar-refractivity contribution in [1.82, 2.24) is 0 Å². The Morgan fingerprint density at radius 1 is 0.500 bits per heavy atom. The van der Waals surface area contributed by atoms with Crippen LogP contribution in [0.3, 0.4) is 0 Å². The Hall–Kier alpha value is -1.26. The van der Waals surface area contributed by atoms with E-state index in [1.165, 1.54) is 77.0 Å². The van der Waals surface area contributed by atoms with E-state index in [1.54, 1.807) is 0 Å². The second kappa shape index (κ2) is 16.4. The van der Waals surface area contributed by atoms with Crippen molar-refractivity contribution < 1.29 is 22.3 Å². The molecule has 0 saturated carbocycles. The lowest BCUT2D eigenvalue weighted by Gasteiger charge is -2.11. The fourth-order valence-electron chi connectivity index (χ4n) is 3.67. The van der Waals surface area contributed by atoms with Crippen LogP contribution >= 0.6 is 0 Å². The van der Waals surface area contributed by atoms with Crippen molar-refractivity contribution >= 4 is 0 Å². The maximum atomic E-state index is 13.7. The molecule has 30 heavy (non-hydrogen) atoms. The van der Waals surface area contributed by atoms with Crippen LogP contribution in [0.15, 0.2) is 0 Å². The molecule has 1 aromatic carbocycles. The highest BCUT2D eigenvalue weighted by atomic mass is 19.2. The summed E-state index contributed by atoms with van der Waals surface area (Å²) in [5.41, 5.74) is -0.667. The second-order valence-electron chi connectivity index (χ2n) is 8.36. The quantitative estimate of drug-likeness (QED) is 0.128. The molecule has 5 heteroatoms. The van der Waals surface area contributed by atoms with E-state index in [9.17, 15) is 17.6 Å². The summed E-state index contributed by atoms with van der Waals surface area (Å²) in [5.74, 6) is -6.64. The van der Waals surface area contributed by atoms with Crippen molar-refractivity contribution in [2.45, 2.75) is 117 Å². The number of ether oxygens (including phenoxy) is 1. The Kier molecular flexibility index (Phi) is 14.7. The average Bonchev–Trinajstić information content (AvgIpc) is 2.75.